The molecule has 2 amide bonds. The Morgan fingerprint density at radius 3 is 2.39 bits per heavy atom. The number of ether oxygens (including phenoxy) is 2. The van der Waals surface area contributed by atoms with E-state index in [0.717, 1.165) is 17.3 Å². The van der Waals surface area contributed by atoms with E-state index in [-0.39, 0.29) is 12.5 Å². The summed E-state index contributed by atoms with van der Waals surface area (Å²) in [6.45, 7) is 5.53. The molecule has 1 aromatic heterocycles. The molecule has 202 valence electrons. The van der Waals surface area contributed by atoms with Crippen LogP contribution in [0.5, 0.6) is 11.5 Å². The van der Waals surface area contributed by atoms with Crippen molar-refractivity contribution in [2.75, 3.05) is 50.6 Å². The molecule has 0 radical (unpaired) electrons. The summed E-state index contributed by atoms with van der Waals surface area (Å²) in [6.07, 6.45) is -4.15. The normalized spacial score (nSPS) is 13.9. The van der Waals surface area contributed by atoms with Crippen LogP contribution in [-0.2, 0) is 12.6 Å². The minimum atomic E-state index is -4.41. The quantitative estimate of drug-likeness (QED) is 0.480. The Hall–Kier alpha value is -4.02. The van der Waals surface area contributed by atoms with E-state index in [1.807, 2.05) is 6.92 Å². The summed E-state index contributed by atoms with van der Waals surface area (Å²) in [7, 11) is 3.07. The third-order valence-corrected chi connectivity index (χ3v) is 6.46. The number of benzene rings is 2. The predicted octanol–water partition coefficient (Wildman–Crippen LogP) is 5.07. The third kappa shape index (κ3) is 6.09. The summed E-state index contributed by atoms with van der Waals surface area (Å²) in [6, 6.07) is 10.2. The van der Waals surface area contributed by atoms with Gasteiger partial charge in [0.2, 0.25) is 0 Å². The molecular formula is C27H30F3N5O3. The van der Waals surface area contributed by atoms with Crippen LogP contribution in [0, 0.1) is 13.8 Å². The van der Waals surface area contributed by atoms with Crippen molar-refractivity contribution in [3.63, 3.8) is 0 Å². The summed E-state index contributed by atoms with van der Waals surface area (Å²) in [4.78, 5) is 25.8. The number of carbonyl (C=O) groups is 1. The van der Waals surface area contributed by atoms with Gasteiger partial charge in [-0.1, -0.05) is 18.2 Å². The van der Waals surface area contributed by atoms with Crippen LogP contribution < -0.4 is 19.7 Å². The summed E-state index contributed by atoms with van der Waals surface area (Å²) in [5.41, 5.74) is 1.87. The minimum absolute atomic E-state index is 0.257. The molecule has 0 unspecified atom stereocenters. The largest absolute Gasteiger partial charge is 0.497 e. The van der Waals surface area contributed by atoms with Gasteiger partial charge in [0.25, 0.3) is 0 Å². The first kappa shape index (κ1) is 27.0. The fourth-order valence-corrected chi connectivity index (χ4v) is 4.47. The van der Waals surface area contributed by atoms with E-state index in [4.69, 9.17) is 9.47 Å². The molecule has 1 N–H and O–H groups in total. The number of rotatable bonds is 6. The Morgan fingerprint density at radius 1 is 1.00 bits per heavy atom. The molecule has 2 heterocycles. The van der Waals surface area contributed by atoms with Crippen LogP contribution in [0.4, 0.5) is 29.5 Å². The van der Waals surface area contributed by atoms with Gasteiger partial charge in [0.05, 0.1) is 25.5 Å². The molecule has 0 bridgehead atoms. The summed E-state index contributed by atoms with van der Waals surface area (Å²) in [5, 5.41) is 2.89. The number of nitrogens with one attached hydrogen (secondary N) is 1. The molecule has 1 fully saturated rings. The van der Waals surface area contributed by atoms with Gasteiger partial charge >= 0.3 is 12.2 Å². The lowest BCUT2D eigenvalue weighted by atomic mass is 10.0. The van der Waals surface area contributed by atoms with Crippen LogP contribution in [0.2, 0.25) is 0 Å². The maximum Gasteiger partial charge on any atom is 0.416 e. The number of nitrogens with zero attached hydrogens (tertiary/aromatic N) is 4. The van der Waals surface area contributed by atoms with E-state index < -0.39 is 11.7 Å². The van der Waals surface area contributed by atoms with Crippen molar-refractivity contribution in [3.05, 3.63) is 70.7 Å². The topological polar surface area (TPSA) is 79.8 Å². The predicted molar refractivity (Wildman–Crippen MR) is 138 cm³/mol. The Kier molecular flexibility index (Phi) is 7.94. The molecule has 4 rings (SSSR count). The van der Waals surface area contributed by atoms with Gasteiger partial charge in [-0.3, -0.25) is 0 Å². The number of carbonyl (C=O) groups excluding carboxylic acids is 1. The Morgan fingerprint density at radius 2 is 1.74 bits per heavy atom. The number of amides is 2. The van der Waals surface area contributed by atoms with E-state index in [1.54, 1.807) is 43.2 Å². The van der Waals surface area contributed by atoms with E-state index in [9.17, 15) is 18.0 Å². The maximum absolute atomic E-state index is 13.2. The number of alkyl halides is 3. The van der Waals surface area contributed by atoms with Crippen molar-refractivity contribution in [1.29, 1.82) is 0 Å². The molecule has 0 spiro atoms. The molecule has 2 aromatic carbocycles. The molecule has 0 saturated carbocycles. The van der Waals surface area contributed by atoms with Gasteiger partial charge in [0.15, 0.2) is 0 Å². The average Bonchev–Trinajstić information content (AvgIpc) is 2.90. The zero-order chi connectivity index (χ0) is 27.4. The van der Waals surface area contributed by atoms with Crippen molar-refractivity contribution in [2.45, 2.75) is 26.4 Å². The van der Waals surface area contributed by atoms with Gasteiger partial charge in [-0.2, -0.15) is 13.2 Å². The van der Waals surface area contributed by atoms with Crippen LogP contribution in [0.25, 0.3) is 0 Å². The lowest BCUT2D eigenvalue weighted by Crippen LogP contribution is -2.50. The van der Waals surface area contributed by atoms with Crippen LogP contribution >= 0.6 is 0 Å². The number of hydrogen-bond donors (Lipinski definition) is 1. The lowest BCUT2D eigenvalue weighted by Gasteiger charge is -2.36. The van der Waals surface area contributed by atoms with E-state index >= 15 is 0 Å². The molecule has 0 atom stereocenters. The summed E-state index contributed by atoms with van der Waals surface area (Å²) >= 11 is 0. The van der Waals surface area contributed by atoms with Gasteiger partial charge in [-0.05, 0) is 37.6 Å². The lowest BCUT2D eigenvalue weighted by molar-refractivity contribution is -0.137. The second kappa shape index (κ2) is 11.2. The molecule has 3 aromatic rings. The van der Waals surface area contributed by atoms with Crippen LogP contribution in [0.3, 0.4) is 0 Å². The number of aryl methyl sites for hydroxylation is 2. The van der Waals surface area contributed by atoms with Crippen LogP contribution in [0.15, 0.2) is 42.5 Å². The number of anilines is 2. The second-order valence-corrected chi connectivity index (χ2v) is 9.00. The van der Waals surface area contributed by atoms with Crippen LogP contribution in [0.1, 0.15) is 28.2 Å². The Labute approximate surface area is 219 Å². The van der Waals surface area contributed by atoms with Gasteiger partial charge in [-0.25, -0.2) is 14.8 Å². The van der Waals surface area contributed by atoms with Crippen LogP contribution in [-0.4, -0.2) is 61.3 Å². The number of piperazine rings is 1. The fraction of sp³-hybridized carbons (Fsp3) is 0.370. The van der Waals surface area contributed by atoms with Gasteiger partial charge in [-0.15, -0.1) is 0 Å². The molecule has 38 heavy (non-hydrogen) atoms. The van der Waals surface area contributed by atoms with Crippen molar-refractivity contribution < 1.29 is 27.4 Å². The minimum Gasteiger partial charge on any atom is -0.497 e. The summed E-state index contributed by atoms with van der Waals surface area (Å²) < 4.78 is 50.3. The zero-order valence-corrected chi connectivity index (χ0v) is 21.7. The standard InChI is InChI=1S/C27H30F3N5O3/c1-17-22(15-19-6-5-7-20(14-19)27(28,29)30)25(32-18(2)31-17)34-10-12-35(13-11-34)26(36)33-23-9-8-21(37-3)16-24(23)38-4/h5-9,14,16H,10-13,15H2,1-4H3,(H,33,36). The number of aromatic nitrogens is 2. The number of halogens is 3. The highest BCUT2D eigenvalue weighted by Gasteiger charge is 2.31. The van der Waals surface area contributed by atoms with E-state index in [2.05, 4.69) is 20.2 Å². The molecule has 1 aliphatic rings. The molecule has 0 aliphatic carbocycles. The molecular weight excluding hydrogens is 499 g/mol. The average molecular weight is 530 g/mol. The smallest absolute Gasteiger partial charge is 0.416 e. The van der Waals surface area contributed by atoms with Gasteiger partial charge < -0.3 is 24.6 Å². The van der Waals surface area contributed by atoms with Gasteiger partial charge in [0.1, 0.15) is 23.1 Å². The monoisotopic (exact) mass is 529 g/mol. The van der Waals surface area contributed by atoms with Crippen molar-refractivity contribution >= 4 is 17.5 Å². The SMILES string of the molecule is COc1ccc(NC(=O)N2CCN(c3nc(C)nc(C)c3Cc3cccc(C(F)(F)F)c3)CC2)c(OC)c1. The third-order valence-electron chi connectivity index (χ3n) is 6.46. The van der Waals surface area contributed by atoms with E-state index in [0.29, 0.717) is 60.6 Å². The van der Waals surface area contributed by atoms with Crippen molar-refractivity contribution in [3.8, 4) is 11.5 Å². The fourth-order valence-electron chi connectivity index (χ4n) is 4.47. The number of hydrogen-bond acceptors (Lipinski definition) is 6. The van der Waals surface area contributed by atoms with Gasteiger partial charge in [0, 0.05) is 49.9 Å². The first-order valence-corrected chi connectivity index (χ1v) is 12.1. The maximum atomic E-state index is 13.2. The number of methoxy groups -OCH3 is 2. The van der Waals surface area contributed by atoms with Crippen molar-refractivity contribution in [1.82, 2.24) is 14.9 Å². The zero-order valence-electron chi connectivity index (χ0n) is 21.7. The van der Waals surface area contributed by atoms with Crippen molar-refractivity contribution in [2.24, 2.45) is 0 Å². The summed E-state index contributed by atoms with van der Waals surface area (Å²) in [5.74, 6) is 2.37. The number of urea groups is 1. The highest BCUT2D eigenvalue weighted by atomic mass is 19.4. The first-order chi connectivity index (χ1) is 18.1. The Balaban J connectivity index is 1.48. The Bertz CT molecular complexity index is 1310. The van der Waals surface area contributed by atoms with E-state index in [1.165, 1.54) is 19.2 Å². The highest BCUT2D eigenvalue weighted by molar-refractivity contribution is 5.91. The molecule has 1 saturated heterocycles. The molecule has 8 nitrogen and oxygen atoms in total. The highest BCUT2D eigenvalue weighted by Crippen LogP contribution is 2.32. The molecule has 11 heteroatoms. The second-order valence-electron chi connectivity index (χ2n) is 9.00. The first-order valence-electron chi connectivity index (χ1n) is 12.1. The molecule has 1 aliphatic heterocycles.